The van der Waals surface area contributed by atoms with Crippen LogP contribution in [0.2, 0.25) is 0 Å². The maximum Gasteiger partial charge on any atom is 0.0838 e. The number of thiophene rings is 1. The Morgan fingerprint density at radius 2 is 1.82 bits per heavy atom. The molecule has 0 unspecified atom stereocenters. The van der Waals surface area contributed by atoms with E-state index in [1.54, 1.807) is 11.5 Å². The molecule has 0 aliphatic carbocycles. The van der Waals surface area contributed by atoms with Crippen molar-refractivity contribution < 1.29 is 0 Å². The largest absolute Gasteiger partial charge is 0.354 e. The van der Waals surface area contributed by atoms with Crippen LogP contribution >= 0.6 is 22.9 Å². The fourth-order valence-electron chi connectivity index (χ4n) is 1.38. The molecule has 2 aromatic rings. The van der Waals surface area contributed by atoms with Crippen LogP contribution in [0.25, 0.3) is 10.6 Å². The lowest BCUT2D eigenvalue weighted by atomic mass is 10.3. The Bertz CT molecular complexity index is 499. The van der Waals surface area contributed by atoms with E-state index in [4.69, 9.17) is 0 Å². The fraction of sp³-hybridized carbons (Fsp3) is 0.385. The van der Waals surface area contributed by atoms with Crippen molar-refractivity contribution >= 4 is 22.9 Å². The van der Waals surface area contributed by atoms with Gasteiger partial charge in [0.1, 0.15) is 0 Å². The smallest absolute Gasteiger partial charge is 0.0838 e. The highest BCUT2D eigenvalue weighted by atomic mass is 32.1. The molecule has 0 bridgehead atoms. The predicted octanol–water partition coefficient (Wildman–Crippen LogP) is 4.61. The van der Waals surface area contributed by atoms with Gasteiger partial charge in [0.2, 0.25) is 0 Å². The molecule has 2 nitrogen and oxygen atoms in total. The molecule has 0 saturated carbocycles. The fourth-order valence-corrected chi connectivity index (χ4v) is 3.04. The number of hydrogen-bond donors (Lipinski definition) is 0. The van der Waals surface area contributed by atoms with Crippen LogP contribution in [0.15, 0.2) is 29.9 Å². The lowest BCUT2D eigenvalue weighted by Gasteiger charge is -2.01. The maximum atomic E-state index is 2.19. The van der Waals surface area contributed by atoms with E-state index in [9.17, 15) is 0 Å². The third-order valence-corrected chi connectivity index (χ3v) is 3.95. The summed E-state index contributed by atoms with van der Waals surface area (Å²) in [7, 11) is 4.14. The van der Waals surface area contributed by atoms with Crippen LogP contribution in [0.3, 0.4) is 0 Å². The molecule has 94 valence electrons. The lowest BCUT2D eigenvalue weighted by Crippen LogP contribution is -1.90. The molecule has 0 aromatic carbocycles. The molecule has 0 saturated heterocycles. The van der Waals surface area contributed by atoms with E-state index in [0.29, 0.717) is 0 Å². The van der Waals surface area contributed by atoms with Crippen LogP contribution in [0.1, 0.15) is 18.7 Å². The van der Waals surface area contributed by atoms with Gasteiger partial charge in [-0.3, -0.25) is 3.96 Å². The van der Waals surface area contributed by atoms with Crippen molar-refractivity contribution in [1.82, 2.24) is 8.52 Å². The average Bonchev–Trinajstić information content (AvgIpc) is 2.67. The summed E-state index contributed by atoms with van der Waals surface area (Å²) in [5, 5.41) is 2.09. The van der Waals surface area contributed by atoms with Crippen molar-refractivity contribution in [2.24, 2.45) is 14.1 Å². The zero-order valence-corrected chi connectivity index (χ0v) is 12.7. The van der Waals surface area contributed by atoms with Gasteiger partial charge < -0.3 is 4.57 Å². The highest BCUT2D eigenvalue weighted by molar-refractivity contribution is 7.15. The monoisotopic (exact) mass is 268 g/mol. The molecule has 0 amide bonds. The Hall–Kier alpha value is -1.000. The van der Waals surface area contributed by atoms with E-state index in [1.807, 2.05) is 25.2 Å². The Balaban J connectivity index is 0.000000686. The summed E-state index contributed by atoms with van der Waals surface area (Å²) in [6.45, 7) is 6.14. The molecule has 2 heterocycles. The van der Waals surface area contributed by atoms with E-state index < -0.39 is 0 Å². The number of nitrogens with zero attached hydrogens (tertiary/aromatic N) is 2. The van der Waals surface area contributed by atoms with Gasteiger partial charge in [-0.25, -0.2) is 0 Å². The Morgan fingerprint density at radius 3 is 2.41 bits per heavy atom. The summed E-state index contributed by atoms with van der Waals surface area (Å²) in [5.41, 5.74) is 1.26. The quantitative estimate of drug-likeness (QED) is 0.714. The van der Waals surface area contributed by atoms with E-state index >= 15 is 0 Å². The summed E-state index contributed by atoms with van der Waals surface area (Å²) in [6.07, 6.45) is 4.22. The van der Waals surface area contributed by atoms with Gasteiger partial charge in [0.15, 0.2) is 0 Å². The Morgan fingerprint density at radius 1 is 1.12 bits per heavy atom. The predicted molar refractivity (Wildman–Crippen MR) is 79.3 cm³/mol. The van der Waals surface area contributed by atoms with Crippen molar-refractivity contribution in [3.8, 4) is 10.6 Å². The first kappa shape index (κ1) is 14.1. The minimum atomic E-state index is 1.26. The van der Waals surface area contributed by atoms with Crippen molar-refractivity contribution in [2.75, 3.05) is 0 Å². The summed E-state index contributed by atoms with van der Waals surface area (Å²) < 4.78 is 4.27. The van der Waals surface area contributed by atoms with Gasteiger partial charge in [-0.05, 0) is 19.1 Å². The van der Waals surface area contributed by atoms with Gasteiger partial charge in [-0.1, -0.05) is 25.4 Å². The molecule has 0 N–H and O–H groups in total. The molecule has 0 fully saturated rings. The summed E-state index contributed by atoms with van der Waals surface area (Å²) in [6, 6.07) is 4.35. The molecule has 0 aliphatic rings. The van der Waals surface area contributed by atoms with Crippen molar-refractivity contribution in [1.29, 1.82) is 0 Å². The first-order valence-electron chi connectivity index (χ1n) is 5.74. The van der Waals surface area contributed by atoms with Crippen LogP contribution in [0, 0.1) is 6.92 Å². The molecule has 0 radical (unpaired) electrons. The van der Waals surface area contributed by atoms with Gasteiger partial charge in [0.05, 0.1) is 10.6 Å². The van der Waals surface area contributed by atoms with Crippen LogP contribution in [0.4, 0.5) is 0 Å². The van der Waals surface area contributed by atoms with Crippen LogP contribution in [0.5, 0.6) is 0 Å². The number of aromatic nitrogens is 2. The van der Waals surface area contributed by atoms with Crippen molar-refractivity contribution in [3.63, 3.8) is 0 Å². The van der Waals surface area contributed by atoms with Gasteiger partial charge in [-0.15, -0.1) is 11.3 Å². The Kier molecular flexibility index (Phi) is 5.51. The molecular weight excluding hydrogens is 248 g/mol. The second kappa shape index (κ2) is 6.67. The van der Waals surface area contributed by atoms with Gasteiger partial charge in [0, 0.05) is 36.7 Å². The molecule has 0 atom stereocenters. The Labute approximate surface area is 112 Å². The SMILES string of the molecule is CC.Cc1ccc(-c2cn(C)ccsn2C)s1. The topological polar surface area (TPSA) is 9.86 Å². The second-order valence-electron chi connectivity index (χ2n) is 3.48. The zero-order chi connectivity index (χ0) is 12.8. The molecule has 4 heteroatoms. The highest BCUT2D eigenvalue weighted by Crippen LogP contribution is 2.27. The van der Waals surface area contributed by atoms with Crippen molar-refractivity contribution in [3.05, 3.63) is 34.8 Å². The molecule has 2 rings (SSSR count). The molecule has 2 aromatic heterocycles. The van der Waals surface area contributed by atoms with Crippen LogP contribution < -0.4 is 0 Å². The third kappa shape index (κ3) is 3.75. The van der Waals surface area contributed by atoms with Crippen LogP contribution in [-0.2, 0) is 14.1 Å². The standard InChI is InChI=1S/C11H14N2S2.C2H6/c1-9-4-5-11(15-9)10-8-12(2)6-7-14-13(10)3;1-2/h4-8H,1-3H3;1-2H3. The second-order valence-corrected chi connectivity index (χ2v) is 5.80. The number of hydrogen-bond acceptors (Lipinski definition) is 2. The molecular formula is C13H20N2S2. The van der Waals surface area contributed by atoms with Crippen LogP contribution in [-0.4, -0.2) is 8.52 Å². The van der Waals surface area contributed by atoms with Crippen molar-refractivity contribution in [2.45, 2.75) is 20.8 Å². The number of aryl methyl sites for hydroxylation is 3. The third-order valence-electron chi connectivity index (χ3n) is 2.17. The maximum absolute atomic E-state index is 2.19. The van der Waals surface area contributed by atoms with Gasteiger partial charge >= 0.3 is 0 Å². The first-order chi connectivity index (χ1) is 8.16. The minimum Gasteiger partial charge on any atom is -0.354 e. The lowest BCUT2D eigenvalue weighted by molar-refractivity contribution is 0.902. The summed E-state index contributed by atoms with van der Waals surface area (Å²) >= 11 is 3.54. The summed E-state index contributed by atoms with van der Waals surface area (Å²) in [4.78, 5) is 2.67. The summed E-state index contributed by atoms with van der Waals surface area (Å²) in [5.74, 6) is 0. The average molecular weight is 268 g/mol. The molecule has 0 aliphatic heterocycles. The van der Waals surface area contributed by atoms with Gasteiger partial charge in [0.25, 0.3) is 0 Å². The highest BCUT2D eigenvalue weighted by Gasteiger charge is 2.02. The molecule has 17 heavy (non-hydrogen) atoms. The van der Waals surface area contributed by atoms with E-state index in [1.165, 1.54) is 15.4 Å². The van der Waals surface area contributed by atoms with E-state index in [0.717, 1.165) is 0 Å². The van der Waals surface area contributed by atoms with Gasteiger partial charge in [-0.2, -0.15) is 0 Å². The minimum absolute atomic E-state index is 1.26. The van der Waals surface area contributed by atoms with E-state index in [2.05, 4.69) is 59.4 Å². The normalized spacial score (nSPS) is 9.47. The van der Waals surface area contributed by atoms with E-state index in [-0.39, 0.29) is 0 Å². The number of rotatable bonds is 1. The molecule has 0 spiro atoms. The first-order valence-corrected chi connectivity index (χ1v) is 7.40. The zero-order valence-electron chi connectivity index (χ0n) is 11.1.